The van der Waals surface area contributed by atoms with E-state index in [1.165, 1.54) is 12.8 Å². The van der Waals surface area contributed by atoms with Gasteiger partial charge in [0.05, 0.1) is 0 Å². The zero-order valence-electron chi connectivity index (χ0n) is 15.3. The highest BCUT2D eigenvalue weighted by Crippen LogP contribution is 2.22. The van der Waals surface area contributed by atoms with E-state index in [1.807, 2.05) is 14.0 Å². The number of aromatic nitrogens is 3. The minimum Gasteiger partial charge on any atom is -0.356 e. The number of halogens is 1. The first kappa shape index (κ1) is 19.5. The molecular weight excluding hydrogens is 415 g/mol. The van der Waals surface area contributed by atoms with Crippen LogP contribution in [0.15, 0.2) is 4.99 Å². The molecule has 3 heterocycles. The van der Waals surface area contributed by atoms with Crippen LogP contribution in [-0.4, -0.2) is 52.3 Å². The van der Waals surface area contributed by atoms with Gasteiger partial charge in [-0.2, -0.15) is 0 Å². The van der Waals surface area contributed by atoms with E-state index in [9.17, 15) is 0 Å². The molecule has 136 valence electrons. The predicted octanol–water partition coefficient (Wildman–Crippen LogP) is 2.32. The van der Waals surface area contributed by atoms with Crippen molar-refractivity contribution in [2.75, 3.05) is 26.7 Å². The zero-order valence-corrected chi connectivity index (χ0v) is 17.7. The molecule has 3 unspecified atom stereocenters. The molecular formula is C17H31IN6. The van der Waals surface area contributed by atoms with Gasteiger partial charge in [0.2, 0.25) is 0 Å². The molecule has 7 heteroatoms. The van der Waals surface area contributed by atoms with E-state index in [0.717, 1.165) is 62.0 Å². The van der Waals surface area contributed by atoms with Crippen molar-refractivity contribution in [3.63, 3.8) is 0 Å². The monoisotopic (exact) mass is 446 g/mol. The van der Waals surface area contributed by atoms with E-state index in [-0.39, 0.29) is 24.0 Å². The summed E-state index contributed by atoms with van der Waals surface area (Å²) in [4.78, 5) is 6.94. The summed E-state index contributed by atoms with van der Waals surface area (Å²) in [5.41, 5.74) is 0. The van der Waals surface area contributed by atoms with Crippen LogP contribution in [0.3, 0.4) is 0 Å². The van der Waals surface area contributed by atoms with Crippen LogP contribution in [0.25, 0.3) is 0 Å². The Morgan fingerprint density at radius 3 is 2.58 bits per heavy atom. The quantitative estimate of drug-likeness (QED) is 0.431. The maximum absolute atomic E-state index is 4.52. The fourth-order valence-electron chi connectivity index (χ4n) is 4.10. The Balaban J connectivity index is 0.00000208. The summed E-state index contributed by atoms with van der Waals surface area (Å²) in [7, 11) is 1.90. The molecule has 0 radical (unpaired) electrons. The normalized spacial score (nSPS) is 27.4. The first-order valence-electron chi connectivity index (χ1n) is 8.91. The first-order chi connectivity index (χ1) is 11.1. The third-order valence-electron chi connectivity index (χ3n) is 5.16. The molecule has 24 heavy (non-hydrogen) atoms. The van der Waals surface area contributed by atoms with E-state index in [4.69, 9.17) is 0 Å². The van der Waals surface area contributed by atoms with Crippen molar-refractivity contribution in [1.82, 2.24) is 25.0 Å². The van der Waals surface area contributed by atoms with Crippen molar-refractivity contribution >= 4 is 29.9 Å². The summed E-state index contributed by atoms with van der Waals surface area (Å²) in [5.74, 6) is 5.35. The number of aliphatic imine (C=N–C) groups is 1. The molecule has 1 saturated heterocycles. The van der Waals surface area contributed by atoms with Crippen LogP contribution in [-0.2, 0) is 13.0 Å². The van der Waals surface area contributed by atoms with Gasteiger partial charge in [-0.25, -0.2) is 0 Å². The number of likely N-dealkylation sites (tertiary alicyclic amines) is 1. The third-order valence-corrected chi connectivity index (χ3v) is 5.16. The summed E-state index contributed by atoms with van der Waals surface area (Å²) in [5, 5.41) is 12.1. The van der Waals surface area contributed by atoms with Crippen LogP contribution in [0.4, 0.5) is 0 Å². The number of nitrogens with one attached hydrogen (secondary N) is 1. The van der Waals surface area contributed by atoms with Crippen LogP contribution in [0, 0.1) is 24.7 Å². The van der Waals surface area contributed by atoms with Crippen molar-refractivity contribution in [3.05, 3.63) is 11.6 Å². The second kappa shape index (κ2) is 8.49. The number of nitrogens with zero attached hydrogens (tertiary/aromatic N) is 5. The largest absolute Gasteiger partial charge is 0.356 e. The van der Waals surface area contributed by atoms with Crippen LogP contribution < -0.4 is 5.32 Å². The van der Waals surface area contributed by atoms with Crippen molar-refractivity contribution in [2.24, 2.45) is 22.7 Å². The minimum absolute atomic E-state index is 0. The molecule has 0 saturated carbocycles. The summed E-state index contributed by atoms with van der Waals surface area (Å²) >= 11 is 0. The van der Waals surface area contributed by atoms with Gasteiger partial charge in [0.1, 0.15) is 11.6 Å². The van der Waals surface area contributed by atoms with Gasteiger partial charge in [-0.15, -0.1) is 34.2 Å². The SMILES string of the molecule is CN=C(NCC1CCc2nnc(C)n2C1)N1CC(C)CC(C)C1.I. The van der Waals surface area contributed by atoms with Crippen LogP contribution >= 0.6 is 24.0 Å². The zero-order chi connectivity index (χ0) is 16.4. The Labute approximate surface area is 162 Å². The van der Waals surface area contributed by atoms with Crippen LogP contribution in [0.2, 0.25) is 0 Å². The molecule has 3 atom stereocenters. The van der Waals surface area contributed by atoms with E-state index >= 15 is 0 Å². The molecule has 0 bridgehead atoms. The highest BCUT2D eigenvalue weighted by molar-refractivity contribution is 14.0. The van der Waals surface area contributed by atoms with Gasteiger partial charge in [0, 0.05) is 39.6 Å². The molecule has 0 amide bonds. The average molecular weight is 446 g/mol. The topological polar surface area (TPSA) is 58.3 Å². The molecule has 2 aliphatic heterocycles. The molecule has 1 fully saturated rings. The van der Waals surface area contributed by atoms with Gasteiger partial charge in [0.25, 0.3) is 0 Å². The Bertz CT molecular complexity index is 559. The van der Waals surface area contributed by atoms with Crippen LogP contribution in [0.1, 0.15) is 38.3 Å². The molecule has 6 nitrogen and oxygen atoms in total. The van der Waals surface area contributed by atoms with Crippen molar-refractivity contribution in [3.8, 4) is 0 Å². The number of fused-ring (bicyclic) bond motifs is 1. The maximum atomic E-state index is 4.52. The Hall–Kier alpha value is -0.860. The Morgan fingerprint density at radius 1 is 1.21 bits per heavy atom. The van der Waals surface area contributed by atoms with E-state index in [1.54, 1.807) is 0 Å². The van der Waals surface area contributed by atoms with Gasteiger partial charge in [-0.05, 0) is 37.5 Å². The molecule has 2 aliphatic rings. The number of guanidine groups is 1. The lowest BCUT2D eigenvalue weighted by atomic mass is 9.92. The molecule has 0 aromatic carbocycles. The van der Waals surface area contributed by atoms with Crippen molar-refractivity contribution in [1.29, 1.82) is 0 Å². The lowest BCUT2D eigenvalue weighted by molar-refractivity contribution is 0.207. The second-order valence-electron chi connectivity index (χ2n) is 7.46. The van der Waals surface area contributed by atoms with E-state index in [0.29, 0.717) is 5.92 Å². The summed E-state index contributed by atoms with van der Waals surface area (Å²) in [6.07, 6.45) is 3.53. The van der Waals surface area contributed by atoms with Gasteiger partial charge in [0.15, 0.2) is 5.96 Å². The van der Waals surface area contributed by atoms with Crippen LogP contribution in [0.5, 0.6) is 0 Å². The molecule has 1 aromatic heterocycles. The highest BCUT2D eigenvalue weighted by Gasteiger charge is 2.25. The third kappa shape index (κ3) is 4.40. The summed E-state index contributed by atoms with van der Waals surface area (Å²) < 4.78 is 2.27. The second-order valence-corrected chi connectivity index (χ2v) is 7.46. The number of piperidine rings is 1. The van der Waals surface area contributed by atoms with Crippen molar-refractivity contribution in [2.45, 2.75) is 46.6 Å². The number of aryl methyl sites for hydroxylation is 2. The van der Waals surface area contributed by atoms with Gasteiger partial charge in [-0.3, -0.25) is 4.99 Å². The Kier molecular flexibility index (Phi) is 6.88. The lowest BCUT2D eigenvalue weighted by Gasteiger charge is -2.37. The summed E-state index contributed by atoms with van der Waals surface area (Å²) in [6, 6.07) is 0. The standard InChI is InChI=1S/C17H30N6.HI/c1-12-7-13(2)10-22(9-12)17(18-4)19-8-15-5-6-16-21-20-14(3)23(16)11-15;/h12-13,15H,5-11H2,1-4H3,(H,18,19);1H. The van der Waals surface area contributed by atoms with E-state index < -0.39 is 0 Å². The first-order valence-corrected chi connectivity index (χ1v) is 8.91. The Morgan fingerprint density at radius 2 is 1.92 bits per heavy atom. The molecule has 0 aliphatic carbocycles. The van der Waals surface area contributed by atoms with Gasteiger partial charge < -0.3 is 14.8 Å². The minimum atomic E-state index is 0. The molecule has 1 aromatic rings. The number of hydrogen-bond donors (Lipinski definition) is 1. The van der Waals surface area contributed by atoms with Gasteiger partial charge >= 0.3 is 0 Å². The fourth-order valence-corrected chi connectivity index (χ4v) is 4.10. The van der Waals surface area contributed by atoms with Crippen molar-refractivity contribution < 1.29 is 0 Å². The number of hydrogen-bond acceptors (Lipinski definition) is 3. The van der Waals surface area contributed by atoms with Gasteiger partial charge in [-0.1, -0.05) is 13.8 Å². The number of rotatable bonds is 2. The smallest absolute Gasteiger partial charge is 0.193 e. The molecule has 0 spiro atoms. The lowest BCUT2D eigenvalue weighted by Crippen LogP contribution is -2.49. The summed E-state index contributed by atoms with van der Waals surface area (Å²) in [6.45, 7) is 10.9. The highest BCUT2D eigenvalue weighted by atomic mass is 127. The maximum Gasteiger partial charge on any atom is 0.193 e. The fraction of sp³-hybridized carbons (Fsp3) is 0.824. The van der Waals surface area contributed by atoms with E-state index in [2.05, 4.69) is 43.8 Å². The predicted molar refractivity (Wildman–Crippen MR) is 108 cm³/mol. The molecule has 3 rings (SSSR count). The molecule has 1 N–H and O–H groups in total. The average Bonchev–Trinajstić information content (AvgIpc) is 2.88.